The topological polar surface area (TPSA) is 123 Å². The fourth-order valence-electron chi connectivity index (χ4n) is 1.88. The van der Waals surface area contributed by atoms with E-state index in [0.717, 1.165) is 0 Å². The lowest BCUT2D eigenvalue weighted by atomic mass is 10.3. The summed E-state index contributed by atoms with van der Waals surface area (Å²) in [5.74, 6) is -0.607. The molecule has 2 aromatic rings. The van der Waals surface area contributed by atoms with Gasteiger partial charge in [0, 0.05) is 0 Å². The standard InChI is InChI=1S/C18H20N2O6/c19-13-5-1-3-7-15(13)25-17(21)11-23-9-10-24-12-18(22)26-16-8-4-2-6-14(16)20/h1-8H,9-12,19-20H2. The lowest BCUT2D eigenvalue weighted by Crippen LogP contribution is -2.20. The molecular weight excluding hydrogens is 340 g/mol. The van der Waals surface area contributed by atoms with Crippen molar-refractivity contribution < 1.29 is 28.5 Å². The molecule has 0 aliphatic heterocycles. The predicted molar refractivity (Wildman–Crippen MR) is 94.6 cm³/mol. The first-order chi connectivity index (χ1) is 12.6. The van der Waals surface area contributed by atoms with Crippen LogP contribution in [0, 0.1) is 0 Å². The maximum atomic E-state index is 11.6. The van der Waals surface area contributed by atoms with Gasteiger partial charge in [-0.05, 0) is 24.3 Å². The molecule has 0 aliphatic rings. The molecule has 2 aromatic carbocycles. The minimum atomic E-state index is -0.582. The maximum Gasteiger partial charge on any atom is 0.337 e. The molecule has 8 nitrogen and oxygen atoms in total. The van der Waals surface area contributed by atoms with Gasteiger partial charge in [-0.15, -0.1) is 0 Å². The third kappa shape index (κ3) is 6.42. The van der Waals surface area contributed by atoms with E-state index < -0.39 is 11.9 Å². The summed E-state index contributed by atoms with van der Waals surface area (Å²) in [7, 11) is 0. The van der Waals surface area contributed by atoms with Gasteiger partial charge in [0.1, 0.15) is 13.2 Å². The predicted octanol–water partition coefficient (Wildman–Crippen LogP) is 1.40. The summed E-state index contributed by atoms with van der Waals surface area (Å²) in [6.07, 6.45) is 0. The summed E-state index contributed by atoms with van der Waals surface area (Å²) in [5, 5.41) is 0. The summed E-state index contributed by atoms with van der Waals surface area (Å²) in [6, 6.07) is 13.3. The fraction of sp³-hybridized carbons (Fsp3) is 0.222. The highest BCUT2D eigenvalue weighted by molar-refractivity contribution is 5.76. The Labute approximate surface area is 150 Å². The number of carbonyl (C=O) groups is 2. The van der Waals surface area contributed by atoms with Gasteiger partial charge in [-0.1, -0.05) is 24.3 Å². The van der Waals surface area contributed by atoms with Crippen molar-refractivity contribution >= 4 is 23.3 Å². The average molecular weight is 360 g/mol. The number of carbonyl (C=O) groups excluding carboxylic acids is 2. The van der Waals surface area contributed by atoms with Crippen molar-refractivity contribution in [2.24, 2.45) is 0 Å². The van der Waals surface area contributed by atoms with E-state index in [2.05, 4.69) is 0 Å². The second-order valence-corrected chi connectivity index (χ2v) is 5.13. The third-order valence-corrected chi connectivity index (χ3v) is 3.10. The van der Waals surface area contributed by atoms with Crippen molar-refractivity contribution in [1.82, 2.24) is 0 Å². The smallest absolute Gasteiger partial charge is 0.337 e. The fourth-order valence-corrected chi connectivity index (χ4v) is 1.88. The zero-order valence-electron chi connectivity index (χ0n) is 14.1. The number of esters is 2. The zero-order chi connectivity index (χ0) is 18.8. The SMILES string of the molecule is Nc1ccccc1OC(=O)COCCOCC(=O)Oc1ccccc1N. The largest absolute Gasteiger partial charge is 0.423 e. The highest BCUT2D eigenvalue weighted by Gasteiger charge is 2.09. The van der Waals surface area contributed by atoms with Crippen LogP contribution < -0.4 is 20.9 Å². The van der Waals surface area contributed by atoms with Crippen molar-refractivity contribution in [3.8, 4) is 11.5 Å². The molecule has 26 heavy (non-hydrogen) atoms. The Kier molecular flexibility index (Phi) is 7.41. The van der Waals surface area contributed by atoms with Crippen molar-refractivity contribution in [3.05, 3.63) is 48.5 Å². The van der Waals surface area contributed by atoms with E-state index in [4.69, 9.17) is 30.4 Å². The Balaban J connectivity index is 1.56. The van der Waals surface area contributed by atoms with Gasteiger partial charge in [0.25, 0.3) is 0 Å². The highest BCUT2D eigenvalue weighted by Crippen LogP contribution is 2.20. The molecule has 0 heterocycles. The van der Waals surface area contributed by atoms with Gasteiger partial charge in [-0.3, -0.25) is 0 Å². The number of benzene rings is 2. The third-order valence-electron chi connectivity index (χ3n) is 3.10. The summed E-state index contributed by atoms with van der Waals surface area (Å²) >= 11 is 0. The number of hydrogen-bond donors (Lipinski definition) is 2. The molecule has 8 heteroatoms. The van der Waals surface area contributed by atoms with Crippen molar-refractivity contribution in [2.75, 3.05) is 37.9 Å². The van der Waals surface area contributed by atoms with Gasteiger partial charge in [0.2, 0.25) is 0 Å². The van der Waals surface area contributed by atoms with Gasteiger partial charge in [-0.25, -0.2) is 9.59 Å². The molecule has 0 fully saturated rings. The van der Waals surface area contributed by atoms with Crippen LogP contribution in [0.5, 0.6) is 11.5 Å². The van der Waals surface area contributed by atoms with E-state index in [1.807, 2.05) is 0 Å². The minimum absolute atomic E-state index is 0.111. The van der Waals surface area contributed by atoms with E-state index in [0.29, 0.717) is 11.4 Å². The van der Waals surface area contributed by atoms with Gasteiger partial charge in [-0.2, -0.15) is 0 Å². The Morgan fingerprint density at radius 1 is 0.692 bits per heavy atom. The molecule has 0 unspecified atom stereocenters. The number of hydrogen-bond acceptors (Lipinski definition) is 8. The van der Waals surface area contributed by atoms with Gasteiger partial charge < -0.3 is 30.4 Å². The number of nitrogens with two attached hydrogens (primary N) is 2. The van der Waals surface area contributed by atoms with Crippen LogP contribution >= 0.6 is 0 Å². The number of anilines is 2. The van der Waals surface area contributed by atoms with Crippen molar-refractivity contribution in [3.63, 3.8) is 0 Å². The van der Waals surface area contributed by atoms with Crippen LogP contribution in [0.25, 0.3) is 0 Å². The number of nitrogen functional groups attached to an aromatic ring is 2. The first kappa shape index (κ1) is 19.2. The van der Waals surface area contributed by atoms with Gasteiger partial charge >= 0.3 is 11.9 Å². The second kappa shape index (κ2) is 10.0. The molecule has 0 atom stereocenters. The molecule has 2 rings (SSSR count). The molecular formula is C18H20N2O6. The first-order valence-electron chi connectivity index (χ1n) is 7.82. The van der Waals surface area contributed by atoms with Gasteiger partial charge in [0.05, 0.1) is 24.6 Å². The summed E-state index contributed by atoms with van der Waals surface area (Å²) in [5.41, 5.74) is 12.1. The zero-order valence-corrected chi connectivity index (χ0v) is 14.1. The molecule has 0 aromatic heterocycles. The Morgan fingerprint density at radius 2 is 1.08 bits per heavy atom. The monoisotopic (exact) mass is 360 g/mol. The van der Waals surface area contributed by atoms with E-state index in [-0.39, 0.29) is 37.9 Å². The lowest BCUT2D eigenvalue weighted by Gasteiger charge is -2.08. The van der Waals surface area contributed by atoms with Crippen LogP contribution in [0.4, 0.5) is 11.4 Å². The summed E-state index contributed by atoms with van der Waals surface area (Å²) < 4.78 is 20.3. The molecule has 4 N–H and O–H groups in total. The number of ether oxygens (including phenoxy) is 4. The minimum Gasteiger partial charge on any atom is -0.423 e. The van der Waals surface area contributed by atoms with Crippen LogP contribution in [-0.4, -0.2) is 38.4 Å². The second-order valence-electron chi connectivity index (χ2n) is 5.13. The quantitative estimate of drug-likeness (QED) is 0.298. The normalized spacial score (nSPS) is 10.3. The molecule has 0 bridgehead atoms. The van der Waals surface area contributed by atoms with Crippen LogP contribution in [0.15, 0.2) is 48.5 Å². The van der Waals surface area contributed by atoms with Crippen LogP contribution in [0.2, 0.25) is 0 Å². The highest BCUT2D eigenvalue weighted by atomic mass is 16.6. The van der Waals surface area contributed by atoms with Crippen LogP contribution in [0.3, 0.4) is 0 Å². The van der Waals surface area contributed by atoms with Crippen LogP contribution in [0.1, 0.15) is 0 Å². The van der Waals surface area contributed by atoms with E-state index in [1.165, 1.54) is 0 Å². The Bertz CT molecular complexity index is 686. The van der Waals surface area contributed by atoms with Crippen LogP contribution in [-0.2, 0) is 19.1 Å². The average Bonchev–Trinajstić information content (AvgIpc) is 2.62. The van der Waals surface area contributed by atoms with Crippen molar-refractivity contribution in [2.45, 2.75) is 0 Å². The number of para-hydroxylation sites is 4. The maximum absolute atomic E-state index is 11.6. The molecule has 0 spiro atoms. The summed E-state index contributed by atoms with van der Waals surface area (Å²) in [4.78, 5) is 23.2. The van der Waals surface area contributed by atoms with Gasteiger partial charge in [0.15, 0.2) is 11.5 Å². The molecule has 0 amide bonds. The molecule has 138 valence electrons. The Hall–Kier alpha value is -3.10. The summed E-state index contributed by atoms with van der Waals surface area (Å²) in [6.45, 7) is -0.300. The lowest BCUT2D eigenvalue weighted by molar-refractivity contribution is -0.143. The first-order valence-corrected chi connectivity index (χ1v) is 7.82. The molecule has 0 radical (unpaired) electrons. The molecule has 0 saturated heterocycles. The van der Waals surface area contributed by atoms with Crippen molar-refractivity contribution in [1.29, 1.82) is 0 Å². The molecule has 0 saturated carbocycles. The Morgan fingerprint density at radius 3 is 1.46 bits per heavy atom. The molecule has 0 aliphatic carbocycles. The van der Waals surface area contributed by atoms with E-state index >= 15 is 0 Å². The van der Waals surface area contributed by atoms with E-state index in [1.54, 1.807) is 48.5 Å². The number of rotatable bonds is 9. The van der Waals surface area contributed by atoms with E-state index in [9.17, 15) is 9.59 Å².